The molecule has 1 aliphatic rings. The maximum absolute atomic E-state index is 13.4. The first-order chi connectivity index (χ1) is 10.0. The quantitative estimate of drug-likeness (QED) is 0.907. The van der Waals surface area contributed by atoms with Gasteiger partial charge in [0.05, 0.1) is 13.2 Å². The molecule has 1 N–H and O–H groups in total. The van der Waals surface area contributed by atoms with Crippen LogP contribution >= 0.6 is 0 Å². The van der Waals surface area contributed by atoms with Crippen LogP contribution in [0.15, 0.2) is 18.2 Å². The Balaban J connectivity index is 1.99. The summed E-state index contributed by atoms with van der Waals surface area (Å²) in [5, 5.41) is 3.27. The molecular weight excluding hydrogens is 271 g/mol. The van der Waals surface area contributed by atoms with E-state index in [1.165, 1.54) is 13.2 Å². The van der Waals surface area contributed by atoms with Crippen molar-refractivity contribution in [1.82, 2.24) is 10.2 Å². The first kappa shape index (κ1) is 15.8. The lowest BCUT2D eigenvalue weighted by Gasteiger charge is -2.24. The Hall–Kier alpha value is -1.62. The number of likely N-dealkylation sites (tertiary alicyclic amines) is 1. The van der Waals surface area contributed by atoms with Gasteiger partial charge in [0.1, 0.15) is 0 Å². The third kappa shape index (κ3) is 3.73. The highest BCUT2D eigenvalue weighted by atomic mass is 19.1. The summed E-state index contributed by atoms with van der Waals surface area (Å²) in [4.78, 5) is 14.2. The monoisotopic (exact) mass is 294 g/mol. The summed E-state index contributed by atoms with van der Waals surface area (Å²) in [6.45, 7) is 5.53. The lowest BCUT2D eigenvalue weighted by molar-refractivity contribution is -0.132. The summed E-state index contributed by atoms with van der Waals surface area (Å²) in [5.41, 5.74) is 0.898. The molecule has 1 heterocycles. The van der Waals surface area contributed by atoms with Gasteiger partial charge in [-0.15, -0.1) is 0 Å². The number of methoxy groups -OCH3 is 1. The topological polar surface area (TPSA) is 41.6 Å². The normalized spacial score (nSPS) is 17.6. The van der Waals surface area contributed by atoms with E-state index in [4.69, 9.17) is 4.74 Å². The minimum Gasteiger partial charge on any atom is -0.494 e. The van der Waals surface area contributed by atoms with Crippen molar-refractivity contribution in [3.63, 3.8) is 0 Å². The summed E-state index contributed by atoms with van der Waals surface area (Å²) >= 11 is 0. The van der Waals surface area contributed by atoms with Crippen LogP contribution in [0.25, 0.3) is 0 Å². The van der Waals surface area contributed by atoms with Crippen molar-refractivity contribution in [1.29, 1.82) is 0 Å². The van der Waals surface area contributed by atoms with Crippen molar-refractivity contribution in [2.24, 2.45) is 0 Å². The molecule has 1 amide bonds. The van der Waals surface area contributed by atoms with E-state index in [2.05, 4.69) is 5.32 Å². The predicted molar refractivity (Wildman–Crippen MR) is 79.8 cm³/mol. The smallest absolute Gasteiger partial charge is 0.239 e. The summed E-state index contributed by atoms with van der Waals surface area (Å²) in [6, 6.07) is 4.46. The SMILES string of the molecule is COc1cc(C(C)NC(C)C(=O)N2CCCC2)ccc1F. The number of halogens is 1. The molecule has 0 radical (unpaired) electrons. The molecule has 0 aliphatic carbocycles. The first-order valence-electron chi connectivity index (χ1n) is 7.41. The number of rotatable bonds is 5. The van der Waals surface area contributed by atoms with Crippen LogP contribution in [0.5, 0.6) is 5.75 Å². The van der Waals surface area contributed by atoms with Crippen molar-refractivity contribution in [3.05, 3.63) is 29.6 Å². The lowest BCUT2D eigenvalue weighted by atomic mass is 10.1. The second-order valence-electron chi connectivity index (χ2n) is 5.54. The number of carbonyl (C=O) groups is 1. The molecule has 116 valence electrons. The number of nitrogens with zero attached hydrogens (tertiary/aromatic N) is 1. The van der Waals surface area contributed by atoms with Crippen molar-refractivity contribution in [2.75, 3.05) is 20.2 Å². The molecule has 21 heavy (non-hydrogen) atoms. The number of hydrogen-bond donors (Lipinski definition) is 1. The zero-order valence-electron chi connectivity index (χ0n) is 12.9. The molecule has 1 aromatic carbocycles. The van der Waals surface area contributed by atoms with E-state index in [0.717, 1.165) is 31.5 Å². The van der Waals surface area contributed by atoms with Gasteiger partial charge >= 0.3 is 0 Å². The number of amides is 1. The average molecular weight is 294 g/mol. The van der Waals surface area contributed by atoms with Crippen LogP contribution in [-0.2, 0) is 4.79 Å². The Morgan fingerprint density at radius 2 is 2.00 bits per heavy atom. The largest absolute Gasteiger partial charge is 0.494 e. The maximum Gasteiger partial charge on any atom is 0.239 e. The molecule has 0 bridgehead atoms. The van der Waals surface area contributed by atoms with Crippen molar-refractivity contribution in [3.8, 4) is 5.75 Å². The summed E-state index contributed by atoms with van der Waals surface area (Å²) in [7, 11) is 1.44. The molecule has 4 nitrogen and oxygen atoms in total. The van der Waals surface area contributed by atoms with E-state index >= 15 is 0 Å². The number of hydrogen-bond acceptors (Lipinski definition) is 3. The zero-order chi connectivity index (χ0) is 15.4. The van der Waals surface area contributed by atoms with E-state index in [9.17, 15) is 9.18 Å². The zero-order valence-corrected chi connectivity index (χ0v) is 12.9. The Morgan fingerprint density at radius 3 is 2.62 bits per heavy atom. The van der Waals surface area contributed by atoms with Crippen molar-refractivity contribution >= 4 is 5.91 Å². The lowest BCUT2D eigenvalue weighted by Crippen LogP contribution is -2.44. The Bertz CT molecular complexity index is 501. The predicted octanol–water partition coefficient (Wildman–Crippen LogP) is 2.50. The van der Waals surface area contributed by atoms with Crippen molar-refractivity contribution < 1.29 is 13.9 Å². The van der Waals surface area contributed by atoms with Gasteiger partial charge in [-0.2, -0.15) is 0 Å². The Kier molecular flexibility index (Phi) is 5.17. The van der Waals surface area contributed by atoms with Gasteiger partial charge in [-0.1, -0.05) is 6.07 Å². The Morgan fingerprint density at radius 1 is 1.33 bits per heavy atom. The number of ether oxygens (including phenoxy) is 1. The van der Waals surface area contributed by atoms with Gasteiger partial charge in [0.25, 0.3) is 0 Å². The third-order valence-corrected chi connectivity index (χ3v) is 3.96. The van der Waals surface area contributed by atoms with Gasteiger partial charge in [0.2, 0.25) is 5.91 Å². The Labute approximate surface area is 125 Å². The fourth-order valence-corrected chi connectivity index (χ4v) is 2.70. The second-order valence-corrected chi connectivity index (χ2v) is 5.54. The van der Waals surface area contributed by atoms with Crippen LogP contribution in [-0.4, -0.2) is 37.0 Å². The molecule has 1 saturated heterocycles. The van der Waals surface area contributed by atoms with E-state index in [1.54, 1.807) is 12.1 Å². The molecule has 0 saturated carbocycles. The molecule has 1 aromatic rings. The molecule has 2 unspecified atom stereocenters. The number of carbonyl (C=O) groups excluding carboxylic acids is 1. The van der Waals surface area contributed by atoms with E-state index in [1.807, 2.05) is 18.7 Å². The minimum absolute atomic E-state index is 0.0546. The molecule has 1 aliphatic heterocycles. The van der Waals surface area contributed by atoms with Gasteiger partial charge in [-0.3, -0.25) is 10.1 Å². The van der Waals surface area contributed by atoms with Gasteiger partial charge in [0.15, 0.2) is 11.6 Å². The highest BCUT2D eigenvalue weighted by Gasteiger charge is 2.24. The third-order valence-electron chi connectivity index (χ3n) is 3.96. The standard InChI is InChI=1S/C16H23FN2O2/c1-11(13-6-7-14(17)15(10-13)21-3)18-12(2)16(20)19-8-4-5-9-19/h6-7,10-12,18H,4-5,8-9H2,1-3H3. The fourth-order valence-electron chi connectivity index (χ4n) is 2.70. The highest BCUT2D eigenvalue weighted by Crippen LogP contribution is 2.23. The molecule has 1 fully saturated rings. The van der Waals surface area contributed by atoms with Crippen LogP contribution in [0, 0.1) is 5.82 Å². The summed E-state index contributed by atoms with van der Waals surface area (Å²) in [5.74, 6) is -0.0252. The first-order valence-corrected chi connectivity index (χ1v) is 7.41. The molecule has 0 spiro atoms. The molecule has 0 aromatic heterocycles. The van der Waals surface area contributed by atoms with Gasteiger partial charge in [-0.05, 0) is 44.4 Å². The fraction of sp³-hybridized carbons (Fsp3) is 0.562. The second kappa shape index (κ2) is 6.89. The van der Waals surface area contributed by atoms with Crippen LogP contribution in [0.1, 0.15) is 38.3 Å². The number of nitrogens with one attached hydrogen (secondary N) is 1. The van der Waals surface area contributed by atoms with Crippen LogP contribution in [0.3, 0.4) is 0 Å². The molecule has 2 atom stereocenters. The van der Waals surface area contributed by atoms with Crippen LogP contribution < -0.4 is 10.1 Å². The number of benzene rings is 1. The molecule has 5 heteroatoms. The van der Waals surface area contributed by atoms with E-state index < -0.39 is 0 Å². The van der Waals surface area contributed by atoms with E-state index in [0.29, 0.717) is 0 Å². The average Bonchev–Trinajstić information content (AvgIpc) is 3.00. The van der Waals surface area contributed by atoms with Crippen LogP contribution in [0.4, 0.5) is 4.39 Å². The molecule has 2 rings (SSSR count). The van der Waals surface area contributed by atoms with Crippen LogP contribution in [0.2, 0.25) is 0 Å². The van der Waals surface area contributed by atoms with Crippen molar-refractivity contribution in [2.45, 2.75) is 38.8 Å². The summed E-state index contributed by atoms with van der Waals surface area (Å²) in [6.07, 6.45) is 2.17. The van der Waals surface area contributed by atoms with Gasteiger partial charge < -0.3 is 9.64 Å². The van der Waals surface area contributed by atoms with E-state index in [-0.39, 0.29) is 29.6 Å². The maximum atomic E-state index is 13.4. The van der Waals surface area contributed by atoms with Gasteiger partial charge in [-0.25, -0.2) is 4.39 Å². The summed E-state index contributed by atoms with van der Waals surface area (Å²) < 4.78 is 18.4. The highest BCUT2D eigenvalue weighted by molar-refractivity contribution is 5.81. The van der Waals surface area contributed by atoms with Gasteiger partial charge in [0, 0.05) is 19.1 Å². The molecular formula is C16H23FN2O2. The minimum atomic E-state index is -0.380.